The van der Waals surface area contributed by atoms with E-state index >= 15 is 0 Å². The predicted octanol–water partition coefficient (Wildman–Crippen LogP) is 2.33. The Morgan fingerprint density at radius 3 is 2.37 bits per heavy atom. The lowest BCUT2D eigenvalue weighted by Crippen LogP contribution is -2.54. The van der Waals surface area contributed by atoms with E-state index in [-0.39, 0.29) is 29.5 Å². The summed E-state index contributed by atoms with van der Waals surface area (Å²) in [5.74, 6) is -0.700. The van der Waals surface area contributed by atoms with Gasteiger partial charge in [0.15, 0.2) is 0 Å². The van der Waals surface area contributed by atoms with Crippen LogP contribution in [-0.4, -0.2) is 57.4 Å². The molecule has 0 fully saturated rings. The van der Waals surface area contributed by atoms with Gasteiger partial charge in [-0.1, -0.05) is 12.1 Å². The van der Waals surface area contributed by atoms with Gasteiger partial charge in [-0.3, -0.25) is 4.79 Å². The molecule has 0 saturated carbocycles. The first-order valence-corrected chi connectivity index (χ1v) is 10.9. The summed E-state index contributed by atoms with van der Waals surface area (Å²) in [5.41, 5.74) is 1.04. The van der Waals surface area contributed by atoms with Gasteiger partial charge < -0.3 is 15.0 Å². The highest BCUT2D eigenvalue weighted by atomic mass is 32.2. The number of carbonyl (C=O) groups is 2. The molecule has 0 saturated heterocycles. The molecule has 8 nitrogen and oxygen atoms in total. The van der Waals surface area contributed by atoms with Crippen LogP contribution in [0.1, 0.15) is 24.2 Å². The molecule has 0 spiro atoms. The Morgan fingerprint density at radius 2 is 1.73 bits per heavy atom. The first kappa shape index (κ1) is 21.8. The van der Waals surface area contributed by atoms with Gasteiger partial charge in [0.25, 0.3) is 5.91 Å². The van der Waals surface area contributed by atoms with Gasteiger partial charge >= 0.3 is 5.97 Å². The Balaban J connectivity index is 1.67. The van der Waals surface area contributed by atoms with Crippen molar-refractivity contribution < 1.29 is 22.7 Å². The second-order valence-electron chi connectivity index (χ2n) is 7.67. The molecule has 0 aliphatic carbocycles. The number of carbonyl (C=O) groups excluding carboxylic acids is 2. The predicted molar refractivity (Wildman–Crippen MR) is 114 cm³/mol. The van der Waals surface area contributed by atoms with E-state index in [1.54, 1.807) is 18.7 Å². The van der Waals surface area contributed by atoms with Crippen LogP contribution in [0.5, 0.6) is 0 Å². The molecule has 1 heterocycles. The summed E-state index contributed by atoms with van der Waals surface area (Å²) in [6.07, 6.45) is 0. The number of hydrogen-bond acceptors (Lipinski definition) is 6. The fourth-order valence-corrected chi connectivity index (χ4v) is 4.06. The van der Waals surface area contributed by atoms with E-state index in [4.69, 9.17) is 4.74 Å². The van der Waals surface area contributed by atoms with Crippen molar-refractivity contribution in [2.75, 3.05) is 37.5 Å². The Bertz CT molecular complexity index is 1060. The molecule has 1 amide bonds. The van der Waals surface area contributed by atoms with E-state index in [0.29, 0.717) is 0 Å². The van der Waals surface area contributed by atoms with E-state index in [9.17, 15) is 18.0 Å². The number of amides is 1. The molecule has 0 radical (unpaired) electrons. The first-order valence-electron chi connectivity index (χ1n) is 9.43. The molecule has 0 bridgehead atoms. The lowest BCUT2D eigenvalue weighted by Gasteiger charge is -2.39. The first-order chi connectivity index (χ1) is 14.0. The minimum Gasteiger partial charge on any atom is -0.460 e. The monoisotopic (exact) mass is 431 g/mol. The van der Waals surface area contributed by atoms with Crippen molar-refractivity contribution in [2.45, 2.75) is 24.3 Å². The van der Waals surface area contributed by atoms with Crippen molar-refractivity contribution in [3.05, 3.63) is 54.1 Å². The molecule has 1 aliphatic rings. The third-order valence-corrected chi connectivity index (χ3v) is 6.67. The van der Waals surface area contributed by atoms with E-state index in [0.717, 1.165) is 15.7 Å². The van der Waals surface area contributed by atoms with Crippen LogP contribution in [-0.2, 0) is 19.6 Å². The van der Waals surface area contributed by atoms with E-state index in [1.165, 1.54) is 38.4 Å². The fourth-order valence-electron chi connectivity index (χ4n) is 3.16. The Kier molecular flexibility index (Phi) is 5.87. The number of benzene rings is 2. The summed E-state index contributed by atoms with van der Waals surface area (Å²) in [5, 5.41) is 3.21. The third kappa shape index (κ3) is 4.17. The highest BCUT2D eigenvalue weighted by Gasteiger charge is 2.38. The smallest absolute Gasteiger partial charge is 0.338 e. The molecular weight excluding hydrogens is 406 g/mol. The van der Waals surface area contributed by atoms with Gasteiger partial charge in [-0.15, -0.1) is 0 Å². The number of esters is 1. The maximum atomic E-state index is 12.8. The molecule has 9 heteroatoms. The number of rotatable bonds is 6. The lowest BCUT2D eigenvalue weighted by molar-refractivity contribution is -0.122. The molecule has 30 heavy (non-hydrogen) atoms. The summed E-state index contributed by atoms with van der Waals surface area (Å²) in [6, 6.07) is 13.0. The second kappa shape index (κ2) is 8.08. The average molecular weight is 432 g/mol. The molecule has 0 unspecified atom stereocenters. The van der Waals surface area contributed by atoms with Gasteiger partial charge in [0.2, 0.25) is 10.0 Å². The normalized spacial score (nSPS) is 15.5. The van der Waals surface area contributed by atoms with Crippen LogP contribution in [0.15, 0.2) is 53.4 Å². The van der Waals surface area contributed by atoms with Crippen molar-refractivity contribution in [3.8, 4) is 0 Å². The van der Waals surface area contributed by atoms with E-state index in [1.807, 2.05) is 24.3 Å². The van der Waals surface area contributed by atoms with Crippen LogP contribution >= 0.6 is 0 Å². The third-order valence-electron chi connectivity index (χ3n) is 4.84. The Morgan fingerprint density at radius 1 is 1.10 bits per heavy atom. The molecule has 2 aromatic rings. The lowest BCUT2D eigenvalue weighted by atomic mass is 9.98. The van der Waals surface area contributed by atoms with Crippen LogP contribution in [0.2, 0.25) is 0 Å². The van der Waals surface area contributed by atoms with Crippen molar-refractivity contribution in [1.29, 1.82) is 0 Å². The standard InChI is InChI=1S/C21H25N3O5S/c1-21(2)20(26)24(18-8-6-5-7-17(18)22-21)13-14-29-19(25)15-9-11-16(12-10-15)30(27,28)23(3)4/h5-12,22H,13-14H2,1-4H3. The van der Waals surface area contributed by atoms with Gasteiger partial charge in [-0.2, -0.15) is 0 Å². The van der Waals surface area contributed by atoms with Gasteiger partial charge in [0.1, 0.15) is 12.1 Å². The molecule has 0 aromatic heterocycles. The van der Waals surface area contributed by atoms with Gasteiger partial charge in [0.05, 0.1) is 28.4 Å². The number of hydrogen-bond donors (Lipinski definition) is 1. The van der Waals surface area contributed by atoms with Crippen molar-refractivity contribution in [1.82, 2.24) is 4.31 Å². The highest BCUT2D eigenvalue weighted by Crippen LogP contribution is 2.34. The molecule has 0 atom stereocenters. The second-order valence-corrected chi connectivity index (χ2v) is 9.82. The van der Waals surface area contributed by atoms with Crippen LogP contribution in [0.25, 0.3) is 0 Å². The van der Waals surface area contributed by atoms with Gasteiger partial charge in [-0.05, 0) is 50.2 Å². The number of fused-ring (bicyclic) bond motifs is 1. The largest absolute Gasteiger partial charge is 0.460 e. The molecule has 3 rings (SSSR count). The quantitative estimate of drug-likeness (QED) is 0.706. The minimum absolute atomic E-state index is 0.00668. The maximum absolute atomic E-state index is 12.8. The Labute approximate surface area is 176 Å². The summed E-state index contributed by atoms with van der Waals surface area (Å²) >= 11 is 0. The zero-order valence-electron chi connectivity index (χ0n) is 17.4. The van der Waals surface area contributed by atoms with Crippen LogP contribution in [0, 0.1) is 0 Å². The van der Waals surface area contributed by atoms with E-state index in [2.05, 4.69) is 5.32 Å². The summed E-state index contributed by atoms with van der Waals surface area (Å²) in [6.45, 7) is 3.81. The number of nitrogens with zero attached hydrogens (tertiary/aromatic N) is 2. The van der Waals surface area contributed by atoms with Crippen molar-refractivity contribution in [2.24, 2.45) is 0 Å². The zero-order chi connectivity index (χ0) is 22.1. The van der Waals surface area contributed by atoms with Crippen LogP contribution in [0.3, 0.4) is 0 Å². The van der Waals surface area contributed by atoms with Gasteiger partial charge in [-0.25, -0.2) is 17.5 Å². The van der Waals surface area contributed by atoms with Crippen molar-refractivity contribution >= 4 is 33.3 Å². The fraction of sp³-hybridized carbons (Fsp3) is 0.333. The number of para-hydroxylation sites is 2. The minimum atomic E-state index is -3.57. The zero-order valence-corrected chi connectivity index (χ0v) is 18.2. The Hall–Kier alpha value is -2.91. The topological polar surface area (TPSA) is 96.0 Å². The van der Waals surface area contributed by atoms with Gasteiger partial charge in [0, 0.05) is 14.1 Å². The highest BCUT2D eigenvalue weighted by molar-refractivity contribution is 7.89. The maximum Gasteiger partial charge on any atom is 0.338 e. The summed E-state index contributed by atoms with van der Waals surface area (Å²) in [7, 11) is -0.688. The number of sulfonamides is 1. The van der Waals surface area contributed by atoms with E-state index < -0.39 is 21.5 Å². The molecule has 2 aromatic carbocycles. The summed E-state index contributed by atoms with van der Waals surface area (Å²) < 4.78 is 30.6. The molecular formula is C21H25N3O5S. The number of ether oxygens (including phenoxy) is 1. The molecule has 1 aliphatic heterocycles. The van der Waals surface area contributed by atoms with Crippen molar-refractivity contribution in [3.63, 3.8) is 0 Å². The van der Waals surface area contributed by atoms with Crippen LogP contribution in [0.4, 0.5) is 11.4 Å². The molecule has 1 N–H and O–H groups in total. The van der Waals surface area contributed by atoms with Crippen LogP contribution < -0.4 is 10.2 Å². The average Bonchev–Trinajstić information content (AvgIpc) is 2.70. The number of nitrogens with one attached hydrogen (secondary N) is 1. The SMILES string of the molecule is CN(C)S(=O)(=O)c1ccc(C(=O)OCCN2C(=O)C(C)(C)Nc3ccccc32)cc1. The number of anilines is 2. The summed E-state index contributed by atoms with van der Waals surface area (Å²) in [4.78, 5) is 26.8. The molecule has 160 valence electrons.